The summed E-state index contributed by atoms with van der Waals surface area (Å²) in [6.07, 6.45) is 0. The van der Waals surface area contributed by atoms with E-state index in [9.17, 15) is 20.0 Å². The van der Waals surface area contributed by atoms with Gasteiger partial charge in [-0.15, -0.1) is 0 Å². The summed E-state index contributed by atoms with van der Waals surface area (Å²) in [5, 5.41) is 21.8. The van der Waals surface area contributed by atoms with E-state index in [1.807, 2.05) is 37.3 Å². The summed E-state index contributed by atoms with van der Waals surface area (Å²) in [5.41, 5.74) is 1.93. The van der Waals surface area contributed by atoms with Gasteiger partial charge in [0.2, 0.25) is 11.7 Å². The molecule has 0 atom stereocenters. The van der Waals surface area contributed by atoms with Gasteiger partial charge in [0.25, 0.3) is 5.56 Å². The maximum atomic E-state index is 13.5. The van der Waals surface area contributed by atoms with Crippen molar-refractivity contribution in [2.45, 2.75) is 27.3 Å². The highest BCUT2D eigenvalue weighted by Crippen LogP contribution is 2.32. The highest BCUT2D eigenvalue weighted by Gasteiger charge is 2.28. The minimum atomic E-state index is -0.660. The number of furan rings is 1. The first kappa shape index (κ1) is 21.4. The van der Waals surface area contributed by atoms with Gasteiger partial charge in [-0.05, 0) is 50.1 Å². The Morgan fingerprint density at radius 3 is 2.47 bits per heavy atom. The fraction of sp³-hybridized carbons (Fsp3) is 0.160. The number of aryl methyl sites for hydroxylation is 2. The van der Waals surface area contributed by atoms with Gasteiger partial charge < -0.3 is 9.52 Å². The summed E-state index contributed by atoms with van der Waals surface area (Å²) in [6.45, 7) is 5.13. The molecule has 0 radical (unpaired) electrons. The number of carbonyl (C=O) groups is 1. The van der Waals surface area contributed by atoms with Gasteiger partial charge in [-0.25, -0.2) is 0 Å². The van der Waals surface area contributed by atoms with Gasteiger partial charge in [0.15, 0.2) is 5.76 Å². The molecule has 2 aromatic heterocycles. The van der Waals surface area contributed by atoms with Crippen molar-refractivity contribution < 1.29 is 14.3 Å². The van der Waals surface area contributed by atoms with Crippen molar-refractivity contribution in [1.29, 1.82) is 5.26 Å². The number of nitriles is 1. The van der Waals surface area contributed by atoms with E-state index in [0.717, 1.165) is 15.7 Å². The van der Waals surface area contributed by atoms with Gasteiger partial charge >= 0.3 is 0 Å². The Morgan fingerprint density at radius 2 is 1.81 bits per heavy atom. The second-order valence-electron chi connectivity index (χ2n) is 7.71. The molecule has 4 aromatic rings. The molecule has 160 valence electrons. The van der Waals surface area contributed by atoms with E-state index in [-0.39, 0.29) is 29.0 Å². The Bertz CT molecular complexity index is 1490. The number of ketones is 1. The van der Waals surface area contributed by atoms with Crippen LogP contribution in [-0.4, -0.2) is 15.5 Å². The number of nitrogens with zero attached hydrogens (tertiary/aromatic N) is 2. The van der Waals surface area contributed by atoms with Crippen LogP contribution < -0.4 is 5.56 Å². The SMILES string of the molecule is Cc1ccc(Cn2c(O)c(C(=O)c3oc4ccc(Cl)cc4c3C)c(C)c(C#N)c2=O)cc1. The van der Waals surface area contributed by atoms with E-state index in [2.05, 4.69) is 0 Å². The molecule has 4 rings (SSSR count). The average Bonchev–Trinajstić information content (AvgIpc) is 3.08. The van der Waals surface area contributed by atoms with Gasteiger partial charge in [0, 0.05) is 16.0 Å². The van der Waals surface area contributed by atoms with E-state index in [4.69, 9.17) is 16.0 Å². The molecule has 0 aliphatic carbocycles. The zero-order valence-corrected chi connectivity index (χ0v) is 18.4. The van der Waals surface area contributed by atoms with Crippen molar-refractivity contribution in [3.63, 3.8) is 0 Å². The topological polar surface area (TPSA) is 96.2 Å². The van der Waals surface area contributed by atoms with Crippen LogP contribution in [0.1, 0.15) is 43.9 Å². The average molecular weight is 447 g/mol. The molecule has 0 unspecified atom stereocenters. The van der Waals surface area contributed by atoms with Crippen LogP contribution in [0.3, 0.4) is 0 Å². The molecule has 0 bridgehead atoms. The third kappa shape index (κ3) is 3.47. The van der Waals surface area contributed by atoms with Gasteiger partial charge in [-0.3, -0.25) is 14.2 Å². The molecule has 0 aliphatic rings. The van der Waals surface area contributed by atoms with Crippen LogP contribution >= 0.6 is 11.6 Å². The van der Waals surface area contributed by atoms with Crippen LogP contribution in [0.2, 0.25) is 5.02 Å². The molecule has 0 fully saturated rings. The van der Waals surface area contributed by atoms with Crippen molar-refractivity contribution in [2.24, 2.45) is 0 Å². The van der Waals surface area contributed by atoms with Crippen LogP contribution in [0.15, 0.2) is 51.7 Å². The number of benzene rings is 2. The Kier molecular flexibility index (Phi) is 5.37. The van der Waals surface area contributed by atoms with E-state index in [1.165, 1.54) is 6.92 Å². The third-order valence-electron chi connectivity index (χ3n) is 5.59. The van der Waals surface area contributed by atoms with Crippen molar-refractivity contribution >= 4 is 28.4 Å². The monoisotopic (exact) mass is 446 g/mol. The van der Waals surface area contributed by atoms with Crippen molar-refractivity contribution in [2.75, 3.05) is 0 Å². The fourth-order valence-electron chi connectivity index (χ4n) is 3.77. The number of fused-ring (bicyclic) bond motifs is 1. The highest BCUT2D eigenvalue weighted by atomic mass is 35.5. The normalized spacial score (nSPS) is 11.0. The lowest BCUT2D eigenvalue weighted by Crippen LogP contribution is -2.27. The fourth-order valence-corrected chi connectivity index (χ4v) is 3.94. The molecule has 7 heteroatoms. The molecule has 0 amide bonds. The van der Waals surface area contributed by atoms with Crippen LogP contribution in [0.4, 0.5) is 0 Å². The maximum absolute atomic E-state index is 13.5. The van der Waals surface area contributed by atoms with Crippen LogP contribution in [0.5, 0.6) is 5.88 Å². The Labute approximate surface area is 188 Å². The molecule has 0 saturated carbocycles. The summed E-state index contributed by atoms with van der Waals surface area (Å²) < 4.78 is 6.81. The maximum Gasteiger partial charge on any atom is 0.271 e. The first-order chi connectivity index (χ1) is 15.2. The first-order valence-corrected chi connectivity index (χ1v) is 10.3. The van der Waals surface area contributed by atoms with Gasteiger partial charge in [-0.1, -0.05) is 41.4 Å². The van der Waals surface area contributed by atoms with Crippen LogP contribution in [-0.2, 0) is 6.54 Å². The molecular weight excluding hydrogens is 428 g/mol. The summed E-state index contributed by atoms with van der Waals surface area (Å²) in [5.74, 6) is -1.10. The largest absolute Gasteiger partial charge is 0.494 e. The summed E-state index contributed by atoms with van der Waals surface area (Å²) in [6, 6.07) is 14.3. The molecule has 1 N–H and O–H groups in total. The standard InChI is InChI=1S/C25H19ClN2O4/c1-13-4-6-16(7-5-13)12-28-24(30)19(11-27)14(2)21(25(28)31)22(29)23-15(3)18-10-17(26)8-9-20(18)32-23/h4-10,31H,12H2,1-3H3. The molecule has 2 aromatic carbocycles. The number of aromatic hydroxyl groups is 1. The molecule has 0 spiro atoms. The van der Waals surface area contributed by atoms with Gasteiger partial charge in [0.05, 0.1) is 12.1 Å². The second kappa shape index (κ2) is 8.03. The predicted molar refractivity (Wildman–Crippen MR) is 121 cm³/mol. The number of hydrogen-bond acceptors (Lipinski definition) is 5. The van der Waals surface area contributed by atoms with E-state index >= 15 is 0 Å². The van der Waals surface area contributed by atoms with Gasteiger partial charge in [-0.2, -0.15) is 5.26 Å². The predicted octanol–water partition coefficient (Wildman–Crippen LogP) is 5.03. The molecule has 6 nitrogen and oxygen atoms in total. The molecular formula is C25H19ClN2O4. The number of halogens is 1. The Morgan fingerprint density at radius 1 is 1.12 bits per heavy atom. The van der Waals surface area contributed by atoms with E-state index in [1.54, 1.807) is 25.1 Å². The molecule has 2 heterocycles. The van der Waals surface area contributed by atoms with Crippen LogP contribution in [0, 0.1) is 32.1 Å². The minimum Gasteiger partial charge on any atom is -0.494 e. The quantitative estimate of drug-likeness (QED) is 0.443. The Balaban J connectivity index is 1.91. The molecule has 0 saturated heterocycles. The molecule has 0 aliphatic heterocycles. The number of hydrogen-bond donors (Lipinski definition) is 1. The van der Waals surface area contributed by atoms with Crippen LogP contribution in [0.25, 0.3) is 11.0 Å². The number of aromatic nitrogens is 1. The van der Waals surface area contributed by atoms with E-state index < -0.39 is 17.2 Å². The Hall–Kier alpha value is -3.82. The summed E-state index contributed by atoms with van der Waals surface area (Å²) in [7, 11) is 0. The lowest BCUT2D eigenvalue weighted by Gasteiger charge is -2.15. The lowest BCUT2D eigenvalue weighted by molar-refractivity contribution is 0.101. The second-order valence-corrected chi connectivity index (χ2v) is 8.15. The zero-order valence-electron chi connectivity index (χ0n) is 17.7. The minimum absolute atomic E-state index is 0.00884. The smallest absolute Gasteiger partial charge is 0.271 e. The number of pyridine rings is 1. The third-order valence-corrected chi connectivity index (χ3v) is 5.83. The lowest BCUT2D eigenvalue weighted by atomic mass is 9.98. The first-order valence-electron chi connectivity index (χ1n) is 9.88. The van der Waals surface area contributed by atoms with E-state index in [0.29, 0.717) is 21.6 Å². The summed E-state index contributed by atoms with van der Waals surface area (Å²) >= 11 is 6.07. The van der Waals surface area contributed by atoms with Crippen molar-refractivity contribution in [3.05, 3.63) is 97.0 Å². The van der Waals surface area contributed by atoms with Crippen molar-refractivity contribution in [3.8, 4) is 11.9 Å². The number of rotatable bonds is 4. The number of carbonyl (C=O) groups excluding carboxylic acids is 1. The highest BCUT2D eigenvalue weighted by molar-refractivity contribution is 6.31. The zero-order chi connectivity index (χ0) is 23.2. The molecule has 32 heavy (non-hydrogen) atoms. The van der Waals surface area contributed by atoms with Gasteiger partial charge in [0.1, 0.15) is 17.2 Å². The van der Waals surface area contributed by atoms with Crippen molar-refractivity contribution in [1.82, 2.24) is 4.57 Å². The summed E-state index contributed by atoms with van der Waals surface area (Å²) in [4.78, 5) is 26.4.